The molecule has 0 unspecified atom stereocenters. The molecule has 1 aliphatic rings. The van der Waals surface area contributed by atoms with Crippen molar-refractivity contribution < 1.29 is 0 Å². The van der Waals surface area contributed by atoms with Crippen LogP contribution in [0.4, 0.5) is 17.1 Å². The minimum Gasteiger partial charge on any atom is -0.309 e. The fraction of sp³-hybridized carbons (Fsp3) is 0.0545. The van der Waals surface area contributed by atoms with Crippen LogP contribution in [0.5, 0.6) is 0 Å². The maximum absolute atomic E-state index is 2.50. The molecule has 264 valence electrons. The zero-order valence-corrected chi connectivity index (χ0v) is 31.5. The van der Waals surface area contributed by atoms with Crippen molar-refractivity contribution >= 4 is 60.2 Å². The molecule has 0 saturated carbocycles. The zero-order valence-electron chi connectivity index (χ0n) is 31.5. The Morgan fingerprint density at radius 2 is 0.964 bits per heavy atom. The van der Waals surface area contributed by atoms with Crippen LogP contribution in [-0.4, -0.2) is 0 Å². The molecule has 0 aliphatic heterocycles. The molecule has 0 saturated heterocycles. The minimum atomic E-state index is -0.116. The van der Waals surface area contributed by atoms with Gasteiger partial charge in [0.15, 0.2) is 0 Å². The number of rotatable bonds is 5. The van der Waals surface area contributed by atoms with Crippen molar-refractivity contribution in [1.82, 2.24) is 0 Å². The van der Waals surface area contributed by atoms with Crippen molar-refractivity contribution in [2.75, 3.05) is 4.90 Å². The van der Waals surface area contributed by atoms with E-state index in [-0.39, 0.29) is 5.41 Å². The van der Waals surface area contributed by atoms with E-state index in [0.717, 1.165) is 11.4 Å². The average molecular weight is 714 g/mol. The fourth-order valence-electron chi connectivity index (χ4n) is 9.50. The highest BCUT2D eigenvalue weighted by Crippen LogP contribution is 2.55. The Balaban J connectivity index is 1.15. The Morgan fingerprint density at radius 1 is 0.357 bits per heavy atom. The van der Waals surface area contributed by atoms with Gasteiger partial charge in [0.05, 0.1) is 11.4 Å². The third kappa shape index (κ3) is 4.94. The van der Waals surface area contributed by atoms with Crippen molar-refractivity contribution in [2.24, 2.45) is 0 Å². The van der Waals surface area contributed by atoms with E-state index in [9.17, 15) is 0 Å². The van der Waals surface area contributed by atoms with Gasteiger partial charge in [-0.05, 0) is 113 Å². The zero-order chi connectivity index (χ0) is 37.4. The van der Waals surface area contributed by atoms with E-state index in [1.165, 1.54) is 93.3 Å². The lowest BCUT2D eigenvalue weighted by Crippen LogP contribution is -2.16. The Labute approximate surface area is 327 Å². The average Bonchev–Trinajstić information content (AvgIpc) is 3.50. The molecule has 1 aliphatic carbocycles. The lowest BCUT2D eigenvalue weighted by atomic mass is 9.82. The number of anilines is 3. The van der Waals surface area contributed by atoms with Crippen molar-refractivity contribution in [3.05, 3.63) is 211 Å². The molecular formula is C55H39N. The Morgan fingerprint density at radius 3 is 1.80 bits per heavy atom. The van der Waals surface area contributed by atoms with Gasteiger partial charge in [-0.15, -0.1) is 0 Å². The molecule has 0 N–H and O–H groups in total. The molecule has 0 amide bonds. The van der Waals surface area contributed by atoms with E-state index in [1.807, 2.05) is 0 Å². The van der Waals surface area contributed by atoms with Gasteiger partial charge in [-0.3, -0.25) is 0 Å². The van der Waals surface area contributed by atoms with Crippen LogP contribution >= 0.6 is 0 Å². The summed E-state index contributed by atoms with van der Waals surface area (Å²) >= 11 is 0. The topological polar surface area (TPSA) is 3.24 Å². The Bertz CT molecular complexity index is 3170. The molecule has 0 atom stereocenters. The summed E-state index contributed by atoms with van der Waals surface area (Å²) in [5, 5.41) is 10.1. The van der Waals surface area contributed by atoms with Crippen molar-refractivity contribution in [3.8, 4) is 33.4 Å². The molecule has 0 bridgehead atoms. The van der Waals surface area contributed by atoms with E-state index < -0.39 is 0 Å². The fourth-order valence-corrected chi connectivity index (χ4v) is 9.50. The minimum absolute atomic E-state index is 0.116. The Hall–Kier alpha value is -6.96. The van der Waals surface area contributed by atoms with Crippen LogP contribution < -0.4 is 4.90 Å². The highest BCUT2D eigenvalue weighted by Gasteiger charge is 2.38. The standard InChI is InChI=1S/C55H39N/c1-55(2)49-22-11-9-21-47(49)54-50(55)23-13-25-52(54)56(51-24-12-10-19-44(51)41-27-26-36-14-3-4-16-39(36)34-41)42-31-28-38(29-32-42)48-35-40-17-6-7-18-43(40)46-33-30-37-15-5-8-20-45(37)53(46)48/h3-35H,1-2H3. The number of hydrogen-bond donors (Lipinski definition) is 0. The van der Waals surface area contributed by atoms with E-state index in [4.69, 9.17) is 0 Å². The van der Waals surface area contributed by atoms with E-state index in [2.05, 4.69) is 219 Å². The second-order valence-corrected chi connectivity index (χ2v) is 15.7. The summed E-state index contributed by atoms with van der Waals surface area (Å²) in [6, 6.07) is 74.0. The smallest absolute Gasteiger partial charge is 0.0543 e. The quantitative estimate of drug-likeness (QED) is 0.161. The first-order chi connectivity index (χ1) is 27.5. The number of benzene rings is 10. The van der Waals surface area contributed by atoms with Gasteiger partial charge in [-0.25, -0.2) is 0 Å². The summed E-state index contributed by atoms with van der Waals surface area (Å²) in [5.41, 5.74) is 13.5. The van der Waals surface area contributed by atoms with Gasteiger partial charge in [0.25, 0.3) is 0 Å². The largest absolute Gasteiger partial charge is 0.309 e. The summed E-state index contributed by atoms with van der Waals surface area (Å²) in [6.07, 6.45) is 0. The summed E-state index contributed by atoms with van der Waals surface area (Å²) < 4.78 is 0. The van der Waals surface area contributed by atoms with Crippen LogP contribution in [0.3, 0.4) is 0 Å². The predicted molar refractivity (Wildman–Crippen MR) is 240 cm³/mol. The van der Waals surface area contributed by atoms with Gasteiger partial charge in [-0.1, -0.05) is 178 Å². The first kappa shape index (κ1) is 32.5. The lowest BCUT2D eigenvalue weighted by Gasteiger charge is -2.30. The SMILES string of the molecule is CC1(C)c2ccccc2-c2c(N(c3ccc(-c4cc5ccccc5c5ccc6ccccc6c45)cc3)c3ccccc3-c3ccc4ccccc4c3)cccc21. The summed E-state index contributed by atoms with van der Waals surface area (Å²) in [4.78, 5) is 2.50. The summed E-state index contributed by atoms with van der Waals surface area (Å²) in [5.74, 6) is 0. The first-order valence-corrected chi connectivity index (χ1v) is 19.6. The van der Waals surface area contributed by atoms with Crippen LogP contribution in [0, 0.1) is 0 Å². The highest BCUT2D eigenvalue weighted by molar-refractivity contribution is 6.23. The number of fused-ring (bicyclic) bond motifs is 9. The molecule has 10 aromatic carbocycles. The van der Waals surface area contributed by atoms with Gasteiger partial charge in [0, 0.05) is 22.2 Å². The molecule has 56 heavy (non-hydrogen) atoms. The van der Waals surface area contributed by atoms with E-state index >= 15 is 0 Å². The molecule has 0 heterocycles. The first-order valence-electron chi connectivity index (χ1n) is 19.6. The van der Waals surface area contributed by atoms with Crippen LogP contribution in [0.15, 0.2) is 200 Å². The third-order valence-corrected chi connectivity index (χ3v) is 12.2. The molecule has 0 radical (unpaired) electrons. The molecule has 1 heteroatoms. The highest BCUT2D eigenvalue weighted by atomic mass is 15.1. The van der Waals surface area contributed by atoms with Crippen molar-refractivity contribution in [2.45, 2.75) is 19.3 Å². The molecule has 11 rings (SSSR count). The van der Waals surface area contributed by atoms with Crippen molar-refractivity contribution in [1.29, 1.82) is 0 Å². The molecule has 0 fully saturated rings. The molecule has 0 aromatic heterocycles. The summed E-state index contributed by atoms with van der Waals surface area (Å²) in [7, 11) is 0. The van der Waals surface area contributed by atoms with Gasteiger partial charge < -0.3 is 4.90 Å². The molecule has 10 aromatic rings. The predicted octanol–water partition coefficient (Wildman–Crippen LogP) is 15.4. The van der Waals surface area contributed by atoms with Crippen LogP contribution in [0.1, 0.15) is 25.0 Å². The molecule has 1 nitrogen and oxygen atoms in total. The van der Waals surface area contributed by atoms with Crippen LogP contribution in [0.2, 0.25) is 0 Å². The second kappa shape index (κ2) is 12.5. The number of nitrogens with zero attached hydrogens (tertiary/aromatic N) is 1. The monoisotopic (exact) mass is 713 g/mol. The number of para-hydroxylation sites is 1. The third-order valence-electron chi connectivity index (χ3n) is 12.2. The van der Waals surface area contributed by atoms with Crippen molar-refractivity contribution in [3.63, 3.8) is 0 Å². The Kier molecular flexibility index (Phi) is 7.28. The van der Waals surface area contributed by atoms with Gasteiger partial charge in [0.2, 0.25) is 0 Å². The maximum atomic E-state index is 2.50. The van der Waals surface area contributed by atoms with Gasteiger partial charge in [0.1, 0.15) is 0 Å². The number of hydrogen-bond acceptors (Lipinski definition) is 1. The van der Waals surface area contributed by atoms with Gasteiger partial charge in [-0.2, -0.15) is 0 Å². The van der Waals surface area contributed by atoms with Crippen LogP contribution in [0.25, 0.3) is 76.5 Å². The normalized spacial score (nSPS) is 13.0. The maximum Gasteiger partial charge on any atom is 0.0543 e. The van der Waals surface area contributed by atoms with E-state index in [0.29, 0.717) is 0 Å². The second-order valence-electron chi connectivity index (χ2n) is 15.7. The molecule has 0 spiro atoms. The molecular weight excluding hydrogens is 675 g/mol. The van der Waals surface area contributed by atoms with Crippen LogP contribution in [-0.2, 0) is 5.41 Å². The summed E-state index contributed by atoms with van der Waals surface area (Å²) in [6.45, 7) is 4.72. The van der Waals surface area contributed by atoms with E-state index in [1.54, 1.807) is 0 Å². The lowest BCUT2D eigenvalue weighted by molar-refractivity contribution is 0.660. The van der Waals surface area contributed by atoms with Gasteiger partial charge >= 0.3 is 0 Å².